The second-order valence-electron chi connectivity index (χ2n) is 12.6. The molecule has 4 heterocycles. The van der Waals surface area contributed by atoms with Crippen LogP contribution in [-0.4, -0.2) is 68.8 Å². The van der Waals surface area contributed by atoms with Gasteiger partial charge in [0.05, 0.1) is 22.9 Å². The van der Waals surface area contributed by atoms with Gasteiger partial charge in [0.25, 0.3) is 23.3 Å². The first-order valence-corrected chi connectivity index (χ1v) is 16.8. The summed E-state index contributed by atoms with van der Waals surface area (Å²) in [7, 11) is 3.65. The average molecular weight is 692 g/mol. The number of nitrogens with one attached hydrogen (secondary N) is 4. The van der Waals surface area contributed by atoms with E-state index in [1.54, 1.807) is 81.6 Å². The topological polar surface area (TPSA) is 168 Å². The SMILES string of the molecule is CCNc1c(C(=O)Nc2ccc(-c3c(C)on(C)c3=O)cc2)cc(C)nc1C(=O)Nc1cccc(C(=O)Nc2ccn(C3CCN(C)CC3)n2)c1. The molecule has 1 saturated heterocycles. The third-order valence-electron chi connectivity index (χ3n) is 8.81. The molecule has 3 amide bonds. The molecule has 0 spiro atoms. The zero-order valence-corrected chi connectivity index (χ0v) is 29.2. The van der Waals surface area contributed by atoms with Gasteiger partial charge >= 0.3 is 0 Å². The third kappa shape index (κ3) is 7.75. The van der Waals surface area contributed by atoms with Gasteiger partial charge in [-0.3, -0.25) is 23.9 Å². The molecule has 1 aliphatic rings. The number of aromatic nitrogens is 4. The van der Waals surface area contributed by atoms with Crippen LogP contribution < -0.4 is 26.8 Å². The molecule has 0 bridgehead atoms. The van der Waals surface area contributed by atoms with Crippen LogP contribution in [0.15, 0.2) is 76.2 Å². The zero-order valence-electron chi connectivity index (χ0n) is 29.2. The lowest BCUT2D eigenvalue weighted by Crippen LogP contribution is -2.31. The summed E-state index contributed by atoms with van der Waals surface area (Å²) in [5.74, 6) is -0.428. The Balaban J connectivity index is 1.16. The van der Waals surface area contributed by atoms with Crippen LogP contribution >= 0.6 is 0 Å². The lowest BCUT2D eigenvalue weighted by molar-refractivity contribution is 0.101. The second-order valence-corrected chi connectivity index (χ2v) is 12.6. The lowest BCUT2D eigenvalue weighted by atomic mass is 10.1. The van der Waals surface area contributed by atoms with Crippen molar-refractivity contribution in [3.63, 3.8) is 0 Å². The smallest absolute Gasteiger partial charge is 0.290 e. The molecular weight excluding hydrogens is 650 g/mol. The minimum Gasteiger partial charge on any atom is -0.383 e. The fraction of sp³-hybridized carbons (Fsp3) is 0.297. The highest BCUT2D eigenvalue weighted by atomic mass is 16.5. The predicted molar refractivity (Wildman–Crippen MR) is 196 cm³/mol. The molecule has 264 valence electrons. The number of rotatable bonds is 10. The molecule has 2 aromatic carbocycles. The largest absolute Gasteiger partial charge is 0.383 e. The van der Waals surface area contributed by atoms with Crippen LogP contribution in [0.5, 0.6) is 0 Å². The molecule has 0 atom stereocenters. The number of amides is 3. The van der Waals surface area contributed by atoms with Crippen LogP contribution in [0.4, 0.5) is 22.9 Å². The molecule has 0 aliphatic carbocycles. The van der Waals surface area contributed by atoms with E-state index < -0.39 is 11.8 Å². The Morgan fingerprint density at radius 1 is 0.882 bits per heavy atom. The van der Waals surface area contributed by atoms with Crippen LogP contribution in [0.1, 0.15) is 68.5 Å². The number of carbonyl (C=O) groups excluding carboxylic acids is 3. The van der Waals surface area contributed by atoms with Crippen molar-refractivity contribution in [3.05, 3.63) is 105 Å². The molecule has 0 saturated carbocycles. The molecule has 5 aromatic rings. The molecule has 0 radical (unpaired) electrons. The molecule has 1 aliphatic heterocycles. The van der Waals surface area contributed by atoms with Gasteiger partial charge in [-0.15, -0.1) is 0 Å². The molecule has 0 unspecified atom stereocenters. The van der Waals surface area contributed by atoms with E-state index in [0.717, 1.165) is 25.9 Å². The Labute approximate surface area is 294 Å². The number of nitrogens with zero attached hydrogens (tertiary/aromatic N) is 5. The van der Waals surface area contributed by atoms with E-state index in [9.17, 15) is 19.2 Å². The van der Waals surface area contributed by atoms with Crippen molar-refractivity contribution in [3.8, 4) is 11.1 Å². The van der Waals surface area contributed by atoms with Crippen LogP contribution in [0.3, 0.4) is 0 Å². The normalized spacial score (nSPS) is 13.5. The van der Waals surface area contributed by atoms with E-state index >= 15 is 0 Å². The van der Waals surface area contributed by atoms with Gasteiger partial charge in [-0.25, -0.2) is 4.98 Å². The summed E-state index contributed by atoms with van der Waals surface area (Å²) < 4.78 is 8.47. The number of likely N-dealkylation sites (tertiary alicyclic amines) is 1. The summed E-state index contributed by atoms with van der Waals surface area (Å²) in [5.41, 5.74) is 3.04. The summed E-state index contributed by atoms with van der Waals surface area (Å²) in [5, 5.41) is 16.3. The van der Waals surface area contributed by atoms with E-state index in [4.69, 9.17) is 4.52 Å². The Kier molecular flexibility index (Phi) is 10.1. The summed E-state index contributed by atoms with van der Waals surface area (Å²) in [4.78, 5) is 59.7. The first-order chi connectivity index (χ1) is 24.5. The van der Waals surface area contributed by atoms with Gasteiger partial charge in [-0.05, 0) is 95.7 Å². The van der Waals surface area contributed by atoms with Crippen molar-refractivity contribution >= 4 is 40.6 Å². The van der Waals surface area contributed by atoms with Gasteiger partial charge in [0.2, 0.25) is 0 Å². The molecule has 4 N–H and O–H groups in total. The van der Waals surface area contributed by atoms with Crippen LogP contribution in [-0.2, 0) is 7.05 Å². The van der Waals surface area contributed by atoms with E-state index in [1.807, 2.05) is 17.8 Å². The number of hydrogen-bond acceptors (Lipinski definition) is 9. The maximum atomic E-state index is 13.7. The summed E-state index contributed by atoms with van der Waals surface area (Å²) >= 11 is 0. The number of pyridine rings is 1. The standard InChI is InChI=1S/C37H41N9O5/c1-6-38-32-29(35(48)40-26-12-10-24(11-13-26)31-23(3)51-45(5)37(31)50)20-22(2)39-33(32)36(49)41-27-9-7-8-25(21-27)34(47)42-30-16-19-46(43-30)28-14-17-44(4)18-15-28/h7-13,16,19-21,28,38H,6,14-15,17-18H2,1-5H3,(H,40,48)(H,41,49)(H,42,43,47). The fourth-order valence-electron chi connectivity index (χ4n) is 6.20. The van der Waals surface area contributed by atoms with Gasteiger partial charge < -0.3 is 30.7 Å². The van der Waals surface area contributed by atoms with Crippen LogP contribution in [0, 0.1) is 13.8 Å². The summed E-state index contributed by atoms with van der Waals surface area (Å²) in [6, 6.07) is 17.1. The highest BCUT2D eigenvalue weighted by molar-refractivity contribution is 6.14. The van der Waals surface area contributed by atoms with E-state index in [0.29, 0.717) is 57.9 Å². The van der Waals surface area contributed by atoms with Crippen molar-refractivity contribution in [1.29, 1.82) is 0 Å². The van der Waals surface area contributed by atoms with Crippen molar-refractivity contribution < 1.29 is 18.9 Å². The molecular formula is C37H41N9O5. The molecule has 6 rings (SSSR count). The van der Waals surface area contributed by atoms with Gasteiger partial charge in [0.1, 0.15) is 5.76 Å². The van der Waals surface area contributed by atoms with Gasteiger partial charge in [-0.2, -0.15) is 9.84 Å². The lowest BCUT2D eigenvalue weighted by Gasteiger charge is -2.28. The maximum Gasteiger partial charge on any atom is 0.290 e. The van der Waals surface area contributed by atoms with Gasteiger partial charge in [0.15, 0.2) is 11.5 Å². The number of carbonyl (C=O) groups is 3. The predicted octanol–water partition coefficient (Wildman–Crippen LogP) is 5.31. The maximum absolute atomic E-state index is 13.7. The van der Waals surface area contributed by atoms with Crippen LogP contribution in [0.2, 0.25) is 0 Å². The van der Waals surface area contributed by atoms with Crippen molar-refractivity contribution in [1.82, 2.24) is 24.4 Å². The minimum atomic E-state index is -0.556. The Bertz CT molecular complexity index is 2140. The van der Waals surface area contributed by atoms with E-state index in [1.165, 1.54) is 4.74 Å². The first-order valence-electron chi connectivity index (χ1n) is 16.8. The highest BCUT2D eigenvalue weighted by Crippen LogP contribution is 2.27. The molecule has 14 nitrogen and oxygen atoms in total. The second kappa shape index (κ2) is 14.8. The zero-order chi connectivity index (χ0) is 36.2. The Morgan fingerprint density at radius 2 is 1.61 bits per heavy atom. The summed E-state index contributed by atoms with van der Waals surface area (Å²) in [6.45, 7) is 7.69. The Morgan fingerprint density at radius 3 is 2.29 bits per heavy atom. The number of hydrogen-bond donors (Lipinski definition) is 4. The van der Waals surface area contributed by atoms with Crippen molar-refractivity contribution in [2.24, 2.45) is 7.05 Å². The molecule has 3 aromatic heterocycles. The van der Waals surface area contributed by atoms with Gasteiger partial charge in [0, 0.05) is 48.5 Å². The molecule has 14 heteroatoms. The van der Waals surface area contributed by atoms with E-state index in [-0.39, 0.29) is 28.4 Å². The van der Waals surface area contributed by atoms with Gasteiger partial charge in [-0.1, -0.05) is 18.2 Å². The molecule has 1 fully saturated rings. The monoisotopic (exact) mass is 691 g/mol. The highest BCUT2D eigenvalue weighted by Gasteiger charge is 2.23. The number of aryl methyl sites for hydroxylation is 3. The van der Waals surface area contributed by atoms with Crippen molar-refractivity contribution in [2.45, 2.75) is 39.7 Å². The quantitative estimate of drug-likeness (QED) is 0.152. The average Bonchev–Trinajstić information content (AvgIpc) is 3.68. The molecule has 51 heavy (non-hydrogen) atoms. The van der Waals surface area contributed by atoms with Crippen molar-refractivity contribution in [2.75, 3.05) is 47.9 Å². The number of anilines is 4. The fourth-order valence-corrected chi connectivity index (χ4v) is 6.20. The van der Waals surface area contributed by atoms with Crippen LogP contribution in [0.25, 0.3) is 11.1 Å². The number of benzene rings is 2. The van der Waals surface area contributed by atoms with E-state index in [2.05, 4.69) is 43.3 Å². The third-order valence-corrected chi connectivity index (χ3v) is 8.81. The number of piperidine rings is 1. The first kappa shape index (κ1) is 34.8. The summed E-state index contributed by atoms with van der Waals surface area (Å²) in [6.07, 6.45) is 3.88. The minimum absolute atomic E-state index is 0.0259. The Hall–Kier alpha value is -6.02.